The van der Waals surface area contributed by atoms with E-state index in [-0.39, 0.29) is 18.0 Å². The van der Waals surface area contributed by atoms with Gasteiger partial charge in [-0.2, -0.15) is 5.26 Å². The molecule has 0 saturated heterocycles. The molecule has 0 aromatic rings. The van der Waals surface area contributed by atoms with Crippen LogP contribution in [0.1, 0.15) is 26.7 Å². The van der Waals surface area contributed by atoms with Gasteiger partial charge >= 0.3 is 0 Å². The van der Waals surface area contributed by atoms with Gasteiger partial charge in [0, 0.05) is 12.0 Å². The lowest BCUT2D eigenvalue weighted by Crippen LogP contribution is -1.99. The molecular weight excluding hydrogens is 142 g/mol. The third-order valence-corrected chi connectivity index (χ3v) is 1.35. The van der Waals surface area contributed by atoms with Crippen LogP contribution in [0.2, 0.25) is 0 Å². The van der Waals surface area contributed by atoms with Crippen molar-refractivity contribution in [3.63, 3.8) is 0 Å². The van der Waals surface area contributed by atoms with Gasteiger partial charge in [0.15, 0.2) is 5.78 Å². The van der Waals surface area contributed by atoms with Gasteiger partial charge in [0.25, 0.3) is 0 Å². The van der Waals surface area contributed by atoms with Crippen molar-refractivity contribution in [2.24, 2.45) is 0 Å². The van der Waals surface area contributed by atoms with Crippen molar-refractivity contribution in [1.29, 1.82) is 5.26 Å². The normalized spacial score (nSPS) is 11.7. The number of aliphatic hydroxyl groups excluding tert-OH is 1. The topological polar surface area (TPSA) is 61.1 Å². The average Bonchev–Trinajstić information content (AvgIpc) is 1.87. The van der Waals surface area contributed by atoms with E-state index in [4.69, 9.17) is 10.4 Å². The van der Waals surface area contributed by atoms with E-state index in [1.54, 1.807) is 0 Å². The minimum atomic E-state index is -0.166. The SMILES string of the molecule is CC(=O)/C(CCC#N)=C(\C)O. The van der Waals surface area contributed by atoms with Crippen LogP contribution in [-0.4, -0.2) is 10.9 Å². The van der Waals surface area contributed by atoms with Crippen LogP contribution in [0.15, 0.2) is 11.3 Å². The maximum Gasteiger partial charge on any atom is 0.159 e. The van der Waals surface area contributed by atoms with Crippen molar-refractivity contribution >= 4 is 5.78 Å². The third-order valence-electron chi connectivity index (χ3n) is 1.35. The fraction of sp³-hybridized carbons (Fsp3) is 0.500. The molecule has 0 aromatic carbocycles. The van der Waals surface area contributed by atoms with E-state index in [9.17, 15) is 4.79 Å². The first-order valence-corrected chi connectivity index (χ1v) is 3.36. The van der Waals surface area contributed by atoms with Gasteiger partial charge in [0.1, 0.15) is 0 Å². The molecule has 0 rings (SSSR count). The first-order valence-electron chi connectivity index (χ1n) is 3.36. The van der Waals surface area contributed by atoms with Crippen molar-refractivity contribution in [2.45, 2.75) is 26.7 Å². The third kappa shape index (κ3) is 3.41. The first-order chi connectivity index (χ1) is 5.09. The number of rotatable bonds is 3. The molecule has 0 saturated carbocycles. The van der Waals surface area contributed by atoms with Gasteiger partial charge in [0.05, 0.1) is 11.8 Å². The number of hydrogen-bond acceptors (Lipinski definition) is 3. The highest BCUT2D eigenvalue weighted by atomic mass is 16.3. The fourth-order valence-electron chi connectivity index (χ4n) is 0.793. The minimum Gasteiger partial charge on any atom is -0.512 e. The summed E-state index contributed by atoms with van der Waals surface area (Å²) in [5.74, 6) is -0.145. The Morgan fingerprint density at radius 3 is 2.36 bits per heavy atom. The molecule has 0 bridgehead atoms. The predicted octanol–water partition coefficient (Wildman–Crippen LogP) is 1.71. The Bertz CT molecular complexity index is 219. The summed E-state index contributed by atoms with van der Waals surface area (Å²) >= 11 is 0. The number of ketones is 1. The quantitative estimate of drug-likeness (QED) is 0.496. The number of allylic oxidation sites excluding steroid dienone is 2. The standard InChI is InChI=1S/C8H11NO2/c1-6(10)8(7(2)11)4-3-5-9/h10H,3-4H2,1-2H3/b8-6+. The Labute approximate surface area is 66.0 Å². The van der Waals surface area contributed by atoms with Crippen molar-refractivity contribution in [1.82, 2.24) is 0 Å². The summed E-state index contributed by atoms with van der Waals surface area (Å²) in [7, 11) is 0. The number of aliphatic hydroxyl groups is 1. The highest BCUT2D eigenvalue weighted by molar-refractivity contribution is 5.93. The molecule has 0 aliphatic rings. The second kappa shape index (κ2) is 4.51. The molecule has 0 fully saturated rings. The summed E-state index contributed by atoms with van der Waals surface area (Å²) in [5, 5.41) is 17.2. The molecule has 3 heteroatoms. The van der Waals surface area contributed by atoms with Gasteiger partial charge in [-0.15, -0.1) is 0 Å². The molecule has 0 radical (unpaired) electrons. The fourth-order valence-corrected chi connectivity index (χ4v) is 0.793. The van der Waals surface area contributed by atoms with Gasteiger partial charge in [-0.1, -0.05) is 0 Å². The van der Waals surface area contributed by atoms with Crippen LogP contribution in [0.5, 0.6) is 0 Å². The van der Waals surface area contributed by atoms with E-state index >= 15 is 0 Å². The summed E-state index contributed by atoms with van der Waals surface area (Å²) in [5.41, 5.74) is 0.353. The molecule has 0 amide bonds. The second-order valence-corrected chi connectivity index (χ2v) is 2.28. The van der Waals surface area contributed by atoms with E-state index in [0.717, 1.165) is 0 Å². The number of carbonyl (C=O) groups excluding carboxylic acids is 1. The molecule has 0 atom stereocenters. The summed E-state index contributed by atoms with van der Waals surface area (Å²) in [6.45, 7) is 2.83. The summed E-state index contributed by atoms with van der Waals surface area (Å²) in [4.78, 5) is 10.8. The molecular formula is C8H11NO2. The summed E-state index contributed by atoms with van der Waals surface area (Å²) in [6, 6.07) is 1.91. The molecule has 11 heavy (non-hydrogen) atoms. The van der Waals surface area contributed by atoms with Crippen LogP contribution in [0.3, 0.4) is 0 Å². The second-order valence-electron chi connectivity index (χ2n) is 2.28. The van der Waals surface area contributed by atoms with Crippen molar-refractivity contribution in [3.05, 3.63) is 11.3 Å². The zero-order valence-corrected chi connectivity index (χ0v) is 6.72. The molecule has 0 unspecified atom stereocenters. The molecule has 60 valence electrons. The largest absolute Gasteiger partial charge is 0.512 e. The number of nitrogens with zero attached hydrogens (tertiary/aromatic N) is 1. The van der Waals surface area contributed by atoms with E-state index in [2.05, 4.69) is 0 Å². The lowest BCUT2D eigenvalue weighted by Gasteiger charge is -2.00. The first kappa shape index (κ1) is 9.70. The van der Waals surface area contributed by atoms with Crippen molar-refractivity contribution < 1.29 is 9.90 Å². The number of Topliss-reactive ketones (excluding diaryl/α,β-unsaturated/α-hetero) is 1. The van der Waals surface area contributed by atoms with E-state index in [1.807, 2.05) is 6.07 Å². The van der Waals surface area contributed by atoms with Crippen LogP contribution in [0, 0.1) is 11.3 Å². The number of carbonyl (C=O) groups is 1. The molecule has 0 aliphatic heterocycles. The molecule has 0 heterocycles. The summed E-state index contributed by atoms with van der Waals surface area (Å²) < 4.78 is 0. The maximum atomic E-state index is 10.8. The minimum absolute atomic E-state index is 0.0211. The van der Waals surface area contributed by atoms with E-state index in [0.29, 0.717) is 12.0 Å². The van der Waals surface area contributed by atoms with E-state index in [1.165, 1.54) is 13.8 Å². The molecule has 3 nitrogen and oxygen atoms in total. The van der Waals surface area contributed by atoms with Crippen molar-refractivity contribution in [3.8, 4) is 6.07 Å². The van der Waals surface area contributed by atoms with Crippen LogP contribution in [-0.2, 0) is 4.79 Å². The van der Waals surface area contributed by atoms with Crippen LogP contribution < -0.4 is 0 Å². The highest BCUT2D eigenvalue weighted by Gasteiger charge is 2.06. The Hall–Kier alpha value is -1.30. The Balaban J connectivity index is 4.29. The van der Waals surface area contributed by atoms with Gasteiger partial charge in [-0.05, 0) is 20.3 Å². The Morgan fingerprint density at radius 2 is 2.09 bits per heavy atom. The zero-order chi connectivity index (χ0) is 8.85. The van der Waals surface area contributed by atoms with Gasteiger partial charge in [-0.3, -0.25) is 4.79 Å². The van der Waals surface area contributed by atoms with Gasteiger partial charge in [0.2, 0.25) is 0 Å². The summed E-state index contributed by atoms with van der Waals surface area (Å²) in [6.07, 6.45) is 0.612. The van der Waals surface area contributed by atoms with Crippen LogP contribution in [0.25, 0.3) is 0 Å². The molecule has 0 aliphatic carbocycles. The Kier molecular flexibility index (Phi) is 3.97. The highest BCUT2D eigenvalue weighted by Crippen LogP contribution is 2.09. The molecule has 1 N–H and O–H groups in total. The monoisotopic (exact) mass is 153 g/mol. The maximum absolute atomic E-state index is 10.8. The Morgan fingerprint density at radius 1 is 1.55 bits per heavy atom. The van der Waals surface area contributed by atoms with E-state index < -0.39 is 0 Å². The molecule has 0 spiro atoms. The van der Waals surface area contributed by atoms with Crippen molar-refractivity contribution in [2.75, 3.05) is 0 Å². The predicted molar refractivity (Wildman–Crippen MR) is 40.9 cm³/mol. The van der Waals surface area contributed by atoms with Gasteiger partial charge in [-0.25, -0.2) is 0 Å². The van der Waals surface area contributed by atoms with Crippen LogP contribution in [0.4, 0.5) is 0 Å². The lowest BCUT2D eigenvalue weighted by atomic mass is 10.1. The average molecular weight is 153 g/mol. The lowest BCUT2D eigenvalue weighted by molar-refractivity contribution is -0.113. The van der Waals surface area contributed by atoms with Crippen LogP contribution >= 0.6 is 0 Å². The smallest absolute Gasteiger partial charge is 0.159 e. The zero-order valence-electron chi connectivity index (χ0n) is 6.72. The van der Waals surface area contributed by atoms with Gasteiger partial charge < -0.3 is 5.11 Å². The number of hydrogen-bond donors (Lipinski definition) is 1. The molecule has 0 aromatic heterocycles. The number of nitriles is 1.